The number of aryl methyl sites for hydroxylation is 1. The summed E-state index contributed by atoms with van der Waals surface area (Å²) in [5.41, 5.74) is 1.26. The Morgan fingerprint density at radius 3 is 2.08 bits per heavy atom. The molecule has 0 aliphatic heterocycles. The van der Waals surface area contributed by atoms with Gasteiger partial charge in [-0.1, -0.05) is 58.0 Å². The summed E-state index contributed by atoms with van der Waals surface area (Å²) < 4.78 is 0. The van der Waals surface area contributed by atoms with Crippen LogP contribution in [0.4, 0.5) is 0 Å². The number of benzene rings is 1. The summed E-state index contributed by atoms with van der Waals surface area (Å²) in [4.78, 5) is -0.766. The Kier molecular flexibility index (Phi) is 4.03. The van der Waals surface area contributed by atoms with Gasteiger partial charge in [-0.15, -0.1) is 0 Å². The van der Waals surface area contributed by atoms with Gasteiger partial charge in [0.2, 0.25) is 0 Å². The second kappa shape index (κ2) is 4.46. The minimum atomic E-state index is -0.766. The zero-order valence-electron chi connectivity index (χ0n) is 6.54. The summed E-state index contributed by atoms with van der Waals surface area (Å²) in [6.07, 6.45) is 0. The third kappa shape index (κ3) is 2.37. The molecule has 0 heterocycles. The predicted molar refractivity (Wildman–Crippen MR) is 60.7 cm³/mol. The fraction of sp³-hybridized carbons (Fsp3) is 0.250. The lowest BCUT2D eigenvalue weighted by Gasteiger charge is -2.10. The molecule has 1 aromatic rings. The fourth-order valence-electron chi connectivity index (χ4n) is 0.927. The first kappa shape index (κ1) is 11.7. The van der Waals surface area contributed by atoms with Crippen LogP contribution < -0.4 is 0 Å². The van der Waals surface area contributed by atoms with Crippen LogP contribution in [0.2, 0.25) is 15.1 Å². The Bertz CT molecular complexity index is 332. The van der Waals surface area contributed by atoms with Gasteiger partial charge in [-0.25, -0.2) is 0 Å². The van der Waals surface area contributed by atoms with E-state index in [1.807, 2.05) is 0 Å². The molecule has 0 fully saturated rings. The van der Waals surface area contributed by atoms with E-state index in [1.54, 1.807) is 13.0 Å². The maximum absolute atomic E-state index is 5.91. The van der Waals surface area contributed by atoms with E-state index >= 15 is 0 Å². The van der Waals surface area contributed by atoms with Gasteiger partial charge in [0.1, 0.15) is 4.84 Å². The number of hydrogen-bond donors (Lipinski definition) is 0. The van der Waals surface area contributed by atoms with E-state index in [0.717, 1.165) is 5.56 Å². The van der Waals surface area contributed by atoms with Crippen LogP contribution in [0, 0.1) is 6.92 Å². The minimum absolute atomic E-state index is 0.321. The summed E-state index contributed by atoms with van der Waals surface area (Å²) in [6, 6.07) is 1.68. The molecule has 0 amide bonds. The Hall–Kier alpha value is 0.670. The highest BCUT2D eigenvalue weighted by Crippen LogP contribution is 2.41. The van der Waals surface area contributed by atoms with E-state index in [-0.39, 0.29) is 0 Å². The van der Waals surface area contributed by atoms with Gasteiger partial charge < -0.3 is 0 Å². The average Bonchev–Trinajstić information content (AvgIpc) is 1.99. The van der Waals surface area contributed by atoms with E-state index in [1.165, 1.54) is 0 Å². The van der Waals surface area contributed by atoms with Crippen molar-refractivity contribution in [2.24, 2.45) is 0 Å². The Balaban J connectivity index is 3.44. The molecule has 0 spiro atoms. The predicted octanol–water partition coefficient (Wildman–Crippen LogP) is 5.43. The van der Waals surface area contributed by atoms with E-state index in [0.29, 0.717) is 20.6 Å². The highest BCUT2D eigenvalue weighted by atomic mass is 35.5. The van der Waals surface area contributed by atoms with Gasteiger partial charge in [0, 0.05) is 10.6 Å². The summed E-state index contributed by atoms with van der Waals surface area (Å²) in [5.74, 6) is 0. The van der Waals surface area contributed by atoms with Crippen LogP contribution in [-0.2, 0) is 0 Å². The molecule has 0 radical (unpaired) electrons. The summed E-state index contributed by atoms with van der Waals surface area (Å²) in [7, 11) is 0. The van der Waals surface area contributed by atoms with E-state index in [2.05, 4.69) is 0 Å². The number of rotatable bonds is 1. The van der Waals surface area contributed by atoms with Crippen molar-refractivity contribution in [3.05, 3.63) is 32.3 Å². The molecule has 0 bridgehead atoms. The molecular formula is C8H5Cl5. The van der Waals surface area contributed by atoms with Crippen molar-refractivity contribution in [2.75, 3.05) is 0 Å². The fourth-order valence-corrected chi connectivity index (χ4v) is 2.54. The Morgan fingerprint density at radius 1 is 1.08 bits per heavy atom. The van der Waals surface area contributed by atoms with Gasteiger partial charge in [-0.3, -0.25) is 0 Å². The third-order valence-electron chi connectivity index (χ3n) is 1.59. The van der Waals surface area contributed by atoms with Gasteiger partial charge in [-0.05, 0) is 18.6 Å². The van der Waals surface area contributed by atoms with Crippen molar-refractivity contribution in [3.8, 4) is 0 Å². The molecule has 0 aliphatic rings. The van der Waals surface area contributed by atoms with Crippen molar-refractivity contribution in [2.45, 2.75) is 11.8 Å². The molecule has 72 valence electrons. The number of hydrogen-bond acceptors (Lipinski definition) is 0. The van der Waals surface area contributed by atoms with Crippen LogP contribution in [-0.4, -0.2) is 0 Å². The molecule has 5 heteroatoms. The summed E-state index contributed by atoms with van der Waals surface area (Å²) >= 11 is 29.0. The molecule has 1 aromatic carbocycles. The maximum Gasteiger partial charge on any atom is 0.135 e. The Morgan fingerprint density at radius 2 is 1.62 bits per heavy atom. The van der Waals surface area contributed by atoms with Crippen LogP contribution in [0.25, 0.3) is 0 Å². The topological polar surface area (TPSA) is 0 Å². The molecule has 1 rings (SSSR count). The number of alkyl halides is 2. The molecule has 0 saturated carbocycles. The molecule has 0 nitrogen and oxygen atoms in total. The lowest BCUT2D eigenvalue weighted by atomic mass is 10.2. The van der Waals surface area contributed by atoms with Gasteiger partial charge in [-0.2, -0.15) is 0 Å². The van der Waals surface area contributed by atoms with Crippen molar-refractivity contribution >= 4 is 58.0 Å². The highest BCUT2D eigenvalue weighted by Gasteiger charge is 2.17. The standard InChI is InChI=1S/C8H5Cl5/c1-3-2-4(9)5(8(12)13)7(11)6(3)10/h2,8H,1H3. The highest BCUT2D eigenvalue weighted by molar-refractivity contribution is 6.49. The van der Waals surface area contributed by atoms with Gasteiger partial charge in [0.25, 0.3) is 0 Å². The molecule has 13 heavy (non-hydrogen) atoms. The lowest BCUT2D eigenvalue weighted by molar-refractivity contribution is 1.32. The second-order valence-corrected chi connectivity index (χ2v) is 4.78. The monoisotopic (exact) mass is 276 g/mol. The maximum atomic E-state index is 5.91. The van der Waals surface area contributed by atoms with Crippen molar-refractivity contribution in [1.82, 2.24) is 0 Å². The molecule has 0 unspecified atom stereocenters. The van der Waals surface area contributed by atoms with Crippen LogP contribution in [0.3, 0.4) is 0 Å². The van der Waals surface area contributed by atoms with E-state index in [4.69, 9.17) is 58.0 Å². The van der Waals surface area contributed by atoms with Crippen LogP contribution in [0.5, 0.6) is 0 Å². The van der Waals surface area contributed by atoms with Crippen molar-refractivity contribution in [1.29, 1.82) is 0 Å². The van der Waals surface area contributed by atoms with Crippen LogP contribution in [0.1, 0.15) is 16.0 Å². The molecular weight excluding hydrogens is 273 g/mol. The lowest BCUT2D eigenvalue weighted by Crippen LogP contribution is -1.89. The normalized spacial score (nSPS) is 11.0. The van der Waals surface area contributed by atoms with Crippen molar-refractivity contribution in [3.63, 3.8) is 0 Å². The quantitative estimate of drug-likeness (QED) is 0.474. The van der Waals surface area contributed by atoms with Gasteiger partial charge in [0.15, 0.2) is 0 Å². The van der Waals surface area contributed by atoms with Crippen LogP contribution >= 0.6 is 58.0 Å². The summed E-state index contributed by atoms with van der Waals surface area (Å²) in [6.45, 7) is 1.81. The molecule has 0 aliphatic carbocycles. The molecule has 0 N–H and O–H groups in total. The molecule has 0 aromatic heterocycles. The van der Waals surface area contributed by atoms with Crippen molar-refractivity contribution < 1.29 is 0 Å². The zero-order chi connectivity index (χ0) is 10.2. The molecule has 0 saturated heterocycles. The van der Waals surface area contributed by atoms with Gasteiger partial charge in [0.05, 0.1) is 10.0 Å². The zero-order valence-corrected chi connectivity index (χ0v) is 10.3. The van der Waals surface area contributed by atoms with Crippen LogP contribution in [0.15, 0.2) is 6.07 Å². The first-order valence-electron chi connectivity index (χ1n) is 3.37. The van der Waals surface area contributed by atoms with E-state index < -0.39 is 4.84 Å². The first-order chi connectivity index (χ1) is 5.95. The SMILES string of the molecule is Cc1cc(Cl)c(C(Cl)Cl)c(Cl)c1Cl. The third-order valence-corrected chi connectivity index (χ3v) is 3.32. The minimum Gasteiger partial charge on any atom is -0.0999 e. The number of halogens is 5. The summed E-state index contributed by atoms with van der Waals surface area (Å²) in [5, 5.41) is 1.19. The first-order valence-corrected chi connectivity index (χ1v) is 5.38. The average molecular weight is 278 g/mol. The second-order valence-electron chi connectivity index (χ2n) is 2.52. The Labute approximate surface area is 102 Å². The van der Waals surface area contributed by atoms with E-state index in [9.17, 15) is 0 Å². The smallest absolute Gasteiger partial charge is 0.0999 e. The van der Waals surface area contributed by atoms with Gasteiger partial charge >= 0.3 is 0 Å². The largest absolute Gasteiger partial charge is 0.135 e. The molecule has 0 atom stereocenters.